The Balaban J connectivity index is 0.820. The average Bonchev–Trinajstić information content (AvgIpc) is 4.30. The van der Waals surface area contributed by atoms with Crippen LogP contribution in [0.3, 0.4) is 0 Å². The summed E-state index contributed by atoms with van der Waals surface area (Å²) < 4.78 is 26.8. The van der Waals surface area contributed by atoms with Crippen molar-refractivity contribution >= 4 is 143 Å². The number of fused-ring (bicyclic) bond motifs is 14. The number of aryl methyl sites for hydroxylation is 3. The van der Waals surface area contributed by atoms with E-state index < -0.39 is 0 Å². The summed E-state index contributed by atoms with van der Waals surface area (Å²) in [5.41, 5.74) is 19.2. The molecule has 79 heavy (non-hydrogen) atoms. The zero-order valence-corrected chi connectivity index (χ0v) is 45.9. The second kappa shape index (κ2) is 16.9. The van der Waals surface area contributed by atoms with Crippen molar-refractivity contribution in [2.45, 2.75) is 73.1 Å². The number of hydrogen-bond acceptors (Lipinski definition) is 6. The highest BCUT2D eigenvalue weighted by Gasteiger charge is 2.25. The van der Waals surface area contributed by atoms with Crippen LogP contribution in [0.5, 0.6) is 0 Å². The minimum Gasteiger partial charge on any atom is -0.456 e. The second-order valence-corrected chi connectivity index (χ2v) is 24.0. The van der Waals surface area contributed by atoms with Gasteiger partial charge in [-0.05, 0) is 168 Å². The summed E-state index contributed by atoms with van der Waals surface area (Å²) in [6.07, 6.45) is 0. The van der Waals surface area contributed by atoms with Crippen LogP contribution in [0.25, 0.3) is 109 Å². The summed E-state index contributed by atoms with van der Waals surface area (Å²) in [4.78, 5) is 4.68. The Kier molecular flexibility index (Phi) is 10.0. The lowest BCUT2D eigenvalue weighted by atomic mass is 9.86. The van der Waals surface area contributed by atoms with E-state index in [0.717, 1.165) is 149 Å². The molecule has 4 aromatic heterocycles. The smallest absolute Gasteiger partial charge is 0.139 e. The lowest BCUT2D eigenvalue weighted by Crippen LogP contribution is -2.11. The second-order valence-electron chi connectivity index (χ2n) is 24.0. The number of hydrogen-bond donors (Lipinski definition) is 0. The number of benzene rings is 11. The molecule has 0 atom stereocenters. The summed E-state index contributed by atoms with van der Waals surface area (Å²) in [6.45, 7) is 19.9. The highest BCUT2D eigenvalue weighted by Crippen LogP contribution is 2.47. The van der Waals surface area contributed by atoms with Crippen molar-refractivity contribution in [2.75, 3.05) is 9.80 Å². The summed E-state index contributed by atoms with van der Waals surface area (Å²) in [7, 11) is 0. The number of para-hydroxylation sites is 2. The molecule has 0 saturated carbocycles. The molecule has 0 N–H and O–H groups in total. The van der Waals surface area contributed by atoms with E-state index in [-0.39, 0.29) is 10.8 Å². The van der Waals surface area contributed by atoms with Crippen LogP contribution in [0.4, 0.5) is 34.1 Å². The lowest BCUT2D eigenvalue weighted by Gasteiger charge is -2.26. The Morgan fingerprint density at radius 3 is 1.10 bits per heavy atom. The predicted octanol–water partition coefficient (Wildman–Crippen LogP) is 22.1. The summed E-state index contributed by atoms with van der Waals surface area (Å²) in [5.74, 6) is 0. The van der Waals surface area contributed by atoms with Gasteiger partial charge in [-0.3, -0.25) is 0 Å². The molecule has 0 radical (unpaired) electrons. The molecular formula is C73H58N2O4. The molecule has 0 unspecified atom stereocenters. The molecule has 0 aliphatic rings. The van der Waals surface area contributed by atoms with Gasteiger partial charge in [0.05, 0.1) is 0 Å². The van der Waals surface area contributed by atoms with Gasteiger partial charge in [0.15, 0.2) is 0 Å². The van der Waals surface area contributed by atoms with Gasteiger partial charge in [0.2, 0.25) is 0 Å². The van der Waals surface area contributed by atoms with E-state index in [1.165, 1.54) is 22.3 Å². The molecule has 384 valence electrons. The minimum absolute atomic E-state index is 0.0548. The van der Waals surface area contributed by atoms with E-state index >= 15 is 0 Å². The molecule has 15 rings (SSSR count). The molecule has 0 fully saturated rings. The predicted molar refractivity (Wildman–Crippen MR) is 332 cm³/mol. The SMILES string of the molecule is Cc1ccc(N(c2ccc3cc4c(cc3c2)oc2cc3oc5cc6cc(N(c7ccc(C)cc7)c7ccc8oc9c(C(C)(C)C)cccc9c8c7)ccc6cc5c3c(C)c24)c2ccc3oc4c(C(C)(C)C)cccc4c3c2)cc1. The van der Waals surface area contributed by atoms with Crippen molar-refractivity contribution in [1.29, 1.82) is 0 Å². The van der Waals surface area contributed by atoms with E-state index in [1.54, 1.807) is 0 Å². The van der Waals surface area contributed by atoms with Crippen LogP contribution in [0.2, 0.25) is 0 Å². The largest absolute Gasteiger partial charge is 0.456 e. The maximum atomic E-state index is 6.82. The molecular weight excluding hydrogens is 969 g/mol. The average molecular weight is 1030 g/mol. The standard InChI is InChI=1S/C73H58N2O4/c1-41-16-22-48(23-17-41)74(52-28-30-62-56(38-52)54-12-10-14-60(70(54)78-62)72(4,5)6)50-26-20-44-34-58-64(36-46(44)32-50)76-66-40-67-69(43(3)68(58)66)59-35-45-21-27-51(33-47(45)37-65(59)77-67)75(49-24-18-42(2)19-25-49)53-29-31-63-57(39-53)55-13-11-15-61(71(55)79-63)73(7,8)9/h10-40H,1-9H3. The van der Waals surface area contributed by atoms with E-state index in [0.29, 0.717) is 0 Å². The molecule has 0 bridgehead atoms. The Labute approximate surface area is 457 Å². The van der Waals surface area contributed by atoms with Gasteiger partial charge in [0.1, 0.15) is 44.7 Å². The van der Waals surface area contributed by atoms with Gasteiger partial charge < -0.3 is 27.5 Å². The van der Waals surface area contributed by atoms with Crippen molar-refractivity contribution < 1.29 is 17.7 Å². The third-order valence-corrected chi connectivity index (χ3v) is 16.5. The number of nitrogens with zero attached hydrogens (tertiary/aromatic N) is 2. The first-order valence-corrected chi connectivity index (χ1v) is 27.4. The maximum Gasteiger partial charge on any atom is 0.139 e. The van der Waals surface area contributed by atoms with Gasteiger partial charge in [-0.25, -0.2) is 0 Å². The van der Waals surface area contributed by atoms with E-state index in [2.05, 4.69) is 260 Å². The van der Waals surface area contributed by atoms with E-state index in [1.807, 2.05) is 0 Å². The van der Waals surface area contributed by atoms with Gasteiger partial charge in [-0.2, -0.15) is 0 Å². The van der Waals surface area contributed by atoms with E-state index in [4.69, 9.17) is 17.7 Å². The maximum absolute atomic E-state index is 6.82. The Bertz CT molecular complexity index is 4700. The van der Waals surface area contributed by atoms with Crippen LogP contribution < -0.4 is 9.80 Å². The highest BCUT2D eigenvalue weighted by molar-refractivity contribution is 6.21. The van der Waals surface area contributed by atoms with Crippen LogP contribution in [0.1, 0.15) is 69.4 Å². The van der Waals surface area contributed by atoms with Crippen LogP contribution in [-0.4, -0.2) is 0 Å². The number of anilines is 6. The highest BCUT2D eigenvalue weighted by atomic mass is 16.3. The molecule has 0 aliphatic heterocycles. The summed E-state index contributed by atoms with van der Waals surface area (Å²) >= 11 is 0. The quantitative estimate of drug-likeness (QED) is 0.165. The van der Waals surface area contributed by atoms with Crippen molar-refractivity contribution in [3.05, 3.63) is 216 Å². The fourth-order valence-electron chi connectivity index (χ4n) is 12.5. The van der Waals surface area contributed by atoms with Crippen LogP contribution >= 0.6 is 0 Å². The first kappa shape index (κ1) is 47.0. The molecule has 0 aliphatic carbocycles. The first-order chi connectivity index (χ1) is 38.1. The molecule has 15 aromatic rings. The third-order valence-electron chi connectivity index (χ3n) is 16.5. The van der Waals surface area contributed by atoms with Crippen LogP contribution in [0, 0.1) is 20.8 Å². The van der Waals surface area contributed by atoms with E-state index in [9.17, 15) is 0 Å². The molecule has 0 saturated heterocycles. The van der Waals surface area contributed by atoms with Gasteiger partial charge in [0, 0.05) is 94.4 Å². The number of furan rings is 4. The van der Waals surface area contributed by atoms with Crippen molar-refractivity contribution in [1.82, 2.24) is 0 Å². The fraction of sp³-hybridized carbons (Fsp3) is 0.151. The molecule has 0 spiro atoms. The van der Waals surface area contributed by atoms with Crippen molar-refractivity contribution in [3.8, 4) is 0 Å². The van der Waals surface area contributed by atoms with Crippen molar-refractivity contribution in [2.24, 2.45) is 0 Å². The van der Waals surface area contributed by atoms with Gasteiger partial charge in [-0.15, -0.1) is 0 Å². The van der Waals surface area contributed by atoms with Crippen LogP contribution in [-0.2, 0) is 10.8 Å². The molecule has 0 amide bonds. The number of rotatable bonds is 6. The lowest BCUT2D eigenvalue weighted by molar-refractivity contribution is 0.572. The first-order valence-electron chi connectivity index (χ1n) is 27.4. The van der Waals surface area contributed by atoms with Gasteiger partial charge >= 0.3 is 0 Å². The minimum atomic E-state index is -0.0548. The van der Waals surface area contributed by atoms with Gasteiger partial charge in [0.25, 0.3) is 0 Å². The topological polar surface area (TPSA) is 59.0 Å². The molecule has 6 heteroatoms. The van der Waals surface area contributed by atoms with Crippen molar-refractivity contribution in [3.63, 3.8) is 0 Å². The van der Waals surface area contributed by atoms with Crippen LogP contribution in [0.15, 0.2) is 206 Å². The zero-order valence-electron chi connectivity index (χ0n) is 45.9. The third kappa shape index (κ3) is 7.45. The fourth-order valence-corrected chi connectivity index (χ4v) is 12.5. The molecule has 4 heterocycles. The Morgan fingerprint density at radius 2 is 0.684 bits per heavy atom. The molecule has 6 nitrogen and oxygen atoms in total. The Hall–Kier alpha value is -9.26. The van der Waals surface area contributed by atoms with Gasteiger partial charge in [-0.1, -0.05) is 125 Å². The molecule has 11 aromatic carbocycles. The summed E-state index contributed by atoms with van der Waals surface area (Å²) in [5, 5.41) is 13.3. The Morgan fingerprint density at radius 1 is 0.291 bits per heavy atom. The summed E-state index contributed by atoms with van der Waals surface area (Å²) in [6, 6.07) is 68.3. The monoisotopic (exact) mass is 1030 g/mol. The normalized spacial score (nSPS) is 12.6. The zero-order chi connectivity index (χ0) is 53.8.